The van der Waals surface area contributed by atoms with Crippen LogP contribution in [0.15, 0.2) is 45.9 Å². The maximum Gasteiger partial charge on any atom is 0.240 e. The highest BCUT2D eigenvalue weighted by Gasteiger charge is 2.16. The molecule has 0 amide bonds. The molecule has 0 fully saturated rings. The van der Waals surface area contributed by atoms with Crippen LogP contribution >= 0.6 is 0 Å². The van der Waals surface area contributed by atoms with Gasteiger partial charge in [0.1, 0.15) is 5.76 Å². The summed E-state index contributed by atoms with van der Waals surface area (Å²) in [6.07, 6.45) is 1.60. The molecular weight excluding hydrogens is 290 g/mol. The minimum atomic E-state index is -3.50. The number of nitrogen functional groups attached to an aromatic ring is 1. The summed E-state index contributed by atoms with van der Waals surface area (Å²) in [6, 6.07) is 8.32. The number of hydrogen-bond donors (Lipinski definition) is 2. The second-order valence-electron chi connectivity index (χ2n) is 4.66. The van der Waals surface area contributed by atoms with Crippen LogP contribution in [-0.2, 0) is 16.6 Å². The fraction of sp³-hybridized carbons (Fsp3) is 0.286. The van der Waals surface area contributed by atoms with E-state index in [0.717, 1.165) is 5.76 Å². The number of benzene rings is 1. The van der Waals surface area contributed by atoms with E-state index in [1.54, 1.807) is 31.4 Å². The van der Waals surface area contributed by atoms with Gasteiger partial charge < -0.3 is 15.1 Å². The van der Waals surface area contributed by atoms with Gasteiger partial charge in [0, 0.05) is 13.6 Å². The molecule has 0 aliphatic rings. The van der Waals surface area contributed by atoms with Gasteiger partial charge in [-0.05, 0) is 30.3 Å². The number of nitrogens with zero attached hydrogens (tertiary/aromatic N) is 1. The SMILES string of the molecule is CCNS(=O)(=O)c1ccc(N)c(N(C)Cc2ccco2)c1. The average molecular weight is 309 g/mol. The van der Waals surface area contributed by atoms with Gasteiger partial charge >= 0.3 is 0 Å². The molecule has 1 heterocycles. The molecular formula is C14H19N3O3S. The van der Waals surface area contributed by atoms with Crippen LogP contribution in [0.5, 0.6) is 0 Å². The number of nitrogens with one attached hydrogen (secondary N) is 1. The Bertz CT molecular complexity index is 696. The third kappa shape index (κ3) is 3.56. The van der Waals surface area contributed by atoms with Gasteiger partial charge in [0.2, 0.25) is 10.0 Å². The van der Waals surface area contributed by atoms with Crippen molar-refractivity contribution in [1.29, 1.82) is 0 Å². The van der Waals surface area contributed by atoms with Crippen molar-refractivity contribution >= 4 is 21.4 Å². The van der Waals surface area contributed by atoms with Crippen LogP contribution in [-0.4, -0.2) is 22.0 Å². The summed E-state index contributed by atoms with van der Waals surface area (Å²) in [4.78, 5) is 2.04. The maximum absolute atomic E-state index is 12.0. The fourth-order valence-electron chi connectivity index (χ4n) is 2.02. The minimum absolute atomic E-state index is 0.194. The molecule has 0 bridgehead atoms. The van der Waals surface area contributed by atoms with Gasteiger partial charge in [-0.25, -0.2) is 13.1 Å². The third-order valence-electron chi connectivity index (χ3n) is 3.03. The quantitative estimate of drug-likeness (QED) is 0.794. The molecule has 0 aliphatic carbocycles. The summed E-state index contributed by atoms with van der Waals surface area (Å²) in [6.45, 7) is 2.57. The second kappa shape index (κ2) is 6.19. The van der Waals surface area contributed by atoms with Gasteiger partial charge in [0.05, 0.1) is 29.1 Å². The first-order chi connectivity index (χ1) is 9.94. The van der Waals surface area contributed by atoms with E-state index < -0.39 is 10.0 Å². The summed E-state index contributed by atoms with van der Waals surface area (Å²) in [5, 5.41) is 0. The zero-order valence-corrected chi connectivity index (χ0v) is 12.9. The van der Waals surface area contributed by atoms with Crippen LogP contribution < -0.4 is 15.4 Å². The standard InChI is InChI=1S/C14H19N3O3S/c1-3-16-21(18,19)12-6-7-13(15)14(9-12)17(2)10-11-5-4-8-20-11/h4-9,16H,3,10,15H2,1-2H3. The van der Waals surface area contributed by atoms with Gasteiger partial charge in [0.25, 0.3) is 0 Å². The first kappa shape index (κ1) is 15.4. The summed E-state index contributed by atoms with van der Waals surface area (Å²) in [7, 11) is -1.67. The van der Waals surface area contributed by atoms with Crippen LogP contribution in [0.2, 0.25) is 0 Å². The van der Waals surface area contributed by atoms with Crippen LogP contribution in [0.1, 0.15) is 12.7 Å². The highest BCUT2D eigenvalue weighted by molar-refractivity contribution is 7.89. The highest BCUT2D eigenvalue weighted by Crippen LogP contribution is 2.27. The lowest BCUT2D eigenvalue weighted by molar-refractivity contribution is 0.507. The fourth-order valence-corrected chi connectivity index (χ4v) is 3.08. The van der Waals surface area contributed by atoms with Crippen molar-refractivity contribution in [2.45, 2.75) is 18.4 Å². The number of nitrogens with two attached hydrogens (primary N) is 1. The van der Waals surface area contributed by atoms with E-state index in [2.05, 4.69) is 4.72 Å². The molecule has 0 aliphatic heterocycles. The number of hydrogen-bond acceptors (Lipinski definition) is 5. The molecule has 2 rings (SSSR count). The molecule has 0 radical (unpaired) electrons. The Morgan fingerprint density at radius 1 is 1.33 bits per heavy atom. The molecule has 2 aromatic rings. The average Bonchev–Trinajstić information content (AvgIpc) is 2.91. The van der Waals surface area contributed by atoms with Crippen LogP contribution in [0, 0.1) is 0 Å². The molecule has 0 unspecified atom stereocenters. The van der Waals surface area contributed by atoms with E-state index >= 15 is 0 Å². The summed E-state index contributed by atoms with van der Waals surface area (Å²) < 4.78 is 31.8. The number of sulfonamides is 1. The molecule has 0 spiro atoms. The molecule has 3 N–H and O–H groups in total. The van der Waals surface area contributed by atoms with Gasteiger partial charge in [0.15, 0.2) is 0 Å². The largest absolute Gasteiger partial charge is 0.467 e. The van der Waals surface area contributed by atoms with E-state index in [-0.39, 0.29) is 4.90 Å². The van der Waals surface area contributed by atoms with Gasteiger partial charge in [-0.1, -0.05) is 6.92 Å². The van der Waals surface area contributed by atoms with Crippen molar-refractivity contribution in [2.75, 3.05) is 24.2 Å². The summed E-state index contributed by atoms with van der Waals surface area (Å²) >= 11 is 0. The van der Waals surface area contributed by atoms with Crippen molar-refractivity contribution < 1.29 is 12.8 Å². The van der Waals surface area contributed by atoms with E-state index in [4.69, 9.17) is 10.2 Å². The van der Waals surface area contributed by atoms with E-state index in [0.29, 0.717) is 24.5 Å². The van der Waals surface area contributed by atoms with E-state index in [9.17, 15) is 8.42 Å². The Kier molecular flexibility index (Phi) is 4.54. The number of furan rings is 1. The van der Waals surface area contributed by atoms with Crippen LogP contribution in [0.25, 0.3) is 0 Å². The monoisotopic (exact) mass is 309 g/mol. The maximum atomic E-state index is 12.0. The zero-order valence-electron chi connectivity index (χ0n) is 12.0. The van der Waals surface area contributed by atoms with E-state index in [1.807, 2.05) is 18.0 Å². The smallest absolute Gasteiger partial charge is 0.240 e. The van der Waals surface area contributed by atoms with Gasteiger partial charge in [-0.2, -0.15) is 0 Å². The van der Waals surface area contributed by atoms with Crippen LogP contribution in [0.4, 0.5) is 11.4 Å². The first-order valence-electron chi connectivity index (χ1n) is 6.56. The summed E-state index contributed by atoms with van der Waals surface area (Å²) in [5.74, 6) is 0.775. The van der Waals surface area contributed by atoms with Crippen molar-refractivity contribution in [2.24, 2.45) is 0 Å². The predicted octanol–water partition coefficient (Wildman–Crippen LogP) is 1.80. The predicted molar refractivity (Wildman–Crippen MR) is 82.5 cm³/mol. The molecule has 1 aromatic carbocycles. The Labute approximate surface area is 124 Å². The van der Waals surface area contributed by atoms with E-state index in [1.165, 1.54) is 6.07 Å². The van der Waals surface area contributed by atoms with Crippen molar-refractivity contribution in [3.63, 3.8) is 0 Å². The Hall–Kier alpha value is -1.99. The van der Waals surface area contributed by atoms with Crippen molar-refractivity contribution in [1.82, 2.24) is 4.72 Å². The first-order valence-corrected chi connectivity index (χ1v) is 8.05. The third-order valence-corrected chi connectivity index (χ3v) is 4.57. The molecule has 6 nitrogen and oxygen atoms in total. The topological polar surface area (TPSA) is 88.6 Å². The molecule has 1 aromatic heterocycles. The van der Waals surface area contributed by atoms with Crippen molar-refractivity contribution in [3.05, 3.63) is 42.4 Å². The van der Waals surface area contributed by atoms with Gasteiger partial charge in [-0.15, -0.1) is 0 Å². The summed E-state index contributed by atoms with van der Waals surface area (Å²) in [5.41, 5.74) is 7.11. The zero-order chi connectivity index (χ0) is 15.5. The van der Waals surface area contributed by atoms with Crippen LogP contribution in [0.3, 0.4) is 0 Å². The molecule has 7 heteroatoms. The molecule has 0 saturated heterocycles. The Morgan fingerprint density at radius 2 is 2.10 bits per heavy atom. The molecule has 21 heavy (non-hydrogen) atoms. The lowest BCUT2D eigenvalue weighted by atomic mass is 10.2. The minimum Gasteiger partial charge on any atom is -0.467 e. The number of anilines is 2. The molecule has 114 valence electrons. The molecule has 0 saturated carbocycles. The highest BCUT2D eigenvalue weighted by atomic mass is 32.2. The number of rotatable bonds is 6. The lowest BCUT2D eigenvalue weighted by Crippen LogP contribution is -2.24. The second-order valence-corrected chi connectivity index (χ2v) is 6.42. The Balaban J connectivity index is 2.31. The lowest BCUT2D eigenvalue weighted by Gasteiger charge is -2.20. The van der Waals surface area contributed by atoms with Gasteiger partial charge in [-0.3, -0.25) is 0 Å². The Morgan fingerprint density at radius 3 is 2.71 bits per heavy atom. The normalized spacial score (nSPS) is 11.5. The van der Waals surface area contributed by atoms with Crippen molar-refractivity contribution in [3.8, 4) is 0 Å². The molecule has 0 atom stereocenters.